The molecule has 5 heteroatoms. The second-order valence-electron chi connectivity index (χ2n) is 13.9. The first-order chi connectivity index (χ1) is 27.2. The van der Waals surface area contributed by atoms with E-state index in [4.69, 9.17) is 6.57 Å². The van der Waals surface area contributed by atoms with Crippen LogP contribution in [0.15, 0.2) is 176 Å². The molecule has 0 unspecified atom stereocenters. The van der Waals surface area contributed by atoms with Crippen molar-refractivity contribution in [1.29, 1.82) is 5.26 Å². The molecule has 0 aliphatic carbocycles. The van der Waals surface area contributed by atoms with Crippen molar-refractivity contribution in [1.82, 2.24) is 13.7 Å². The molecule has 0 saturated heterocycles. The maximum absolute atomic E-state index is 10.1. The quantitative estimate of drug-likeness (QED) is 0.169. The van der Waals surface area contributed by atoms with Gasteiger partial charge in [0.05, 0.1) is 56.6 Å². The van der Waals surface area contributed by atoms with Crippen LogP contribution in [0.2, 0.25) is 0 Å². The molecule has 0 amide bonds. The van der Waals surface area contributed by atoms with Crippen LogP contribution < -0.4 is 0 Å². The van der Waals surface area contributed by atoms with E-state index in [1.807, 2.05) is 42.5 Å². The van der Waals surface area contributed by atoms with E-state index in [0.29, 0.717) is 11.3 Å². The first-order valence-electron chi connectivity index (χ1n) is 18.3. The van der Waals surface area contributed by atoms with Gasteiger partial charge in [-0.2, -0.15) is 5.26 Å². The van der Waals surface area contributed by atoms with Crippen molar-refractivity contribution in [2.24, 2.45) is 0 Å². The van der Waals surface area contributed by atoms with Gasteiger partial charge < -0.3 is 13.7 Å². The summed E-state index contributed by atoms with van der Waals surface area (Å²) in [7, 11) is 0. The van der Waals surface area contributed by atoms with Gasteiger partial charge in [0, 0.05) is 38.0 Å². The summed E-state index contributed by atoms with van der Waals surface area (Å²) in [4.78, 5) is 4.03. The third-order valence-electron chi connectivity index (χ3n) is 11.1. The summed E-state index contributed by atoms with van der Waals surface area (Å²) < 4.78 is 6.86. The van der Waals surface area contributed by atoms with E-state index in [0.717, 1.165) is 61.0 Å². The number of fused-ring (bicyclic) bond motifs is 9. The monoisotopic (exact) mass is 699 g/mol. The van der Waals surface area contributed by atoms with Crippen molar-refractivity contribution in [2.45, 2.75) is 0 Å². The van der Waals surface area contributed by atoms with Gasteiger partial charge in [0.2, 0.25) is 5.69 Å². The van der Waals surface area contributed by atoms with Crippen molar-refractivity contribution in [3.8, 4) is 34.3 Å². The second kappa shape index (κ2) is 11.8. The average molecular weight is 700 g/mol. The summed E-state index contributed by atoms with van der Waals surface area (Å²) in [5.41, 5.74) is 12.4. The first-order valence-corrected chi connectivity index (χ1v) is 18.3. The zero-order valence-electron chi connectivity index (χ0n) is 29.5. The lowest BCUT2D eigenvalue weighted by atomic mass is 10.0. The Morgan fingerprint density at radius 3 is 1.51 bits per heavy atom. The van der Waals surface area contributed by atoms with E-state index in [-0.39, 0.29) is 0 Å². The highest BCUT2D eigenvalue weighted by molar-refractivity contribution is 6.15. The molecular formula is C50H29N5. The van der Waals surface area contributed by atoms with Crippen molar-refractivity contribution >= 4 is 71.1 Å². The Bertz CT molecular complexity index is 3400. The van der Waals surface area contributed by atoms with E-state index in [1.165, 1.54) is 32.6 Å². The highest BCUT2D eigenvalue weighted by atomic mass is 15.1. The molecule has 0 atom stereocenters. The number of rotatable bonds is 4. The number of benzene rings is 8. The molecule has 3 aromatic heterocycles. The summed E-state index contributed by atoms with van der Waals surface area (Å²) in [6.45, 7) is 8.26. The van der Waals surface area contributed by atoms with Crippen LogP contribution in [0.3, 0.4) is 0 Å². The molecule has 8 aromatic carbocycles. The number of hydrogen-bond acceptors (Lipinski definition) is 1. The number of para-hydroxylation sites is 6. The molecule has 254 valence electrons. The average Bonchev–Trinajstić information content (AvgIpc) is 3.90. The molecular weight excluding hydrogens is 671 g/mol. The van der Waals surface area contributed by atoms with Gasteiger partial charge in [0.1, 0.15) is 6.07 Å². The predicted molar refractivity (Wildman–Crippen MR) is 226 cm³/mol. The van der Waals surface area contributed by atoms with E-state index >= 15 is 0 Å². The first kappa shape index (κ1) is 30.7. The molecule has 0 aliphatic rings. The fraction of sp³-hybridized carbons (Fsp3) is 0. The molecule has 3 heterocycles. The smallest absolute Gasteiger partial charge is 0.211 e. The standard InChI is InChI=1S/C50H29N5/c1-52-42-30-33(26-29-47(42)55-46-22-9-5-15-38(46)40-17-10-12-34(31-51)49(40)55)32-24-27-35(28-25-32)53-43-19-6-4-16-39(43)41-18-11-23-48(50(41)53)54-44-20-7-2-13-36(44)37-14-3-8-21-45(37)54/h2-30H. The van der Waals surface area contributed by atoms with Crippen LogP contribution in [0, 0.1) is 17.9 Å². The minimum absolute atomic E-state index is 0.523. The van der Waals surface area contributed by atoms with Gasteiger partial charge >= 0.3 is 0 Å². The molecule has 0 spiro atoms. The van der Waals surface area contributed by atoms with Crippen LogP contribution in [0.4, 0.5) is 5.69 Å². The van der Waals surface area contributed by atoms with Gasteiger partial charge in [-0.25, -0.2) is 4.85 Å². The fourth-order valence-corrected chi connectivity index (χ4v) is 8.77. The van der Waals surface area contributed by atoms with Gasteiger partial charge in [-0.1, -0.05) is 115 Å². The van der Waals surface area contributed by atoms with E-state index in [1.54, 1.807) is 0 Å². The minimum atomic E-state index is 0.523. The van der Waals surface area contributed by atoms with Crippen LogP contribution >= 0.6 is 0 Å². The SMILES string of the molecule is [C-]#[N+]c1cc(-c2ccc(-n3c4ccccc4c4cccc(-n5c6ccccc6c6ccccc65)c43)cc2)ccc1-n1c2ccccc2c2cccc(C#N)c21. The fourth-order valence-electron chi connectivity index (χ4n) is 8.77. The van der Waals surface area contributed by atoms with Gasteiger partial charge in [-0.05, 0) is 71.8 Å². The topological polar surface area (TPSA) is 42.9 Å². The lowest BCUT2D eigenvalue weighted by molar-refractivity contribution is 1.13. The largest absolute Gasteiger partial charge is 0.318 e. The molecule has 0 aliphatic heterocycles. The lowest BCUT2D eigenvalue weighted by Crippen LogP contribution is -2.00. The maximum Gasteiger partial charge on any atom is 0.211 e. The van der Waals surface area contributed by atoms with E-state index < -0.39 is 0 Å². The third-order valence-corrected chi connectivity index (χ3v) is 11.1. The number of aromatic nitrogens is 3. The number of hydrogen-bond donors (Lipinski definition) is 0. The van der Waals surface area contributed by atoms with Crippen LogP contribution in [0.25, 0.3) is 98.5 Å². The molecule has 0 bridgehead atoms. The molecule has 5 nitrogen and oxygen atoms in total. The van der Waals surface area contributed by atoms with Gasteiger partial charge in [0.15, 0.2) is 0 Å². The summed E-state index contributed by atoms with van der Waals surface area (Å²) in [5, 5.41) is 17.0. The van der Waals surface area contributed by atoms with Crippen molar-refractivity contribution in [3.05, 3.63) is 193 Å². The van der Waals surface area contributed by atoms with Gasteiger partial charge in [0.25, 0.3) is 0 Å². The Morgan fingerprint density at radius 1 is 0.418 bits per heavy atom. The lowest BCUT2D eigenvalue weighted by Gasteiger charge is -2.15. The van der Waals surface area contributed by atoms with Crippen molar-refractivity contribution < 1.29 is 0 Å². The second-order valence-corrected chi connectivity index (χ2v) is 13.9. The normalized spacial score (nSPS) is 11.6. The number of nitriles is 1. The Morgan fingerprint density at radius 2 is 0.909 bits per heavy atom. The summed E-state index contributed by atoms with van der Waals surface area (Å²) >= 11 is 0. The summed E-state index contributed by atoms with van der Waals surface area (Å²) in [6, 6.07) is 63.6. The minimum Gasteiger partial charge on any atom is -0.318 e. The van der Waals surface area contributed by atoms with E-state index in [9.17, 15) is 5.26 Å². The highest BCUT2D eigenvalue weighted by Crippen LogP contribution is 2.41. The summed E-state index contributed by atoms with van der Waals surface area (Å²) in [5.74, 6) is 0. The predicted octanol–water partition coefficient (Wildman–Crippen LogP) is 13.1. The molecule has 0 radical (unpaired) electrons. The van der Waals surface area contributed by atoms with Crippen molar-refractivity contribution in [3.63, 3.8) is 0 Å². The summed E-state index contributed by atoms with van der Waals surface area (Å²) in [6.07, 6.45) is 0. The molecule has 11 aromatic rings. The van der Waals surface area contributed by atoms with Crippen molar-refractivity contribution in [2.75, 3.05) is 0 Å². The van der Waals surface area contributed by atoms with Gasteiger partial charge in [-0.3, -0.25) is 0 Å². The highest BCUT2D eigenvalue weighted by Gasteiger charge is 2.21. The number of nitrogens with zero attached hydrogens (tertiary/aromatic N) is 5. The Kier molecular flexibility index (Phi) is 6.61. The van der Waals surface area contributed by atoms with Gasteiger partial charge in [-0.15, -0.1) is 0 Å². The Balaban J connectivity index is 1.08. The Labute approximate surface area is 316 Å². The van der Waals surface area contributed by atoms with Crippen LogP contribution in [0.5, 0.6) is 0 Å². The molecule has 0 fully saturated rings. The van der Waals surface area contributed by atoms with Crippen LogP contribution in [-0.2, 0) is 0 Å². The third kappa shape index (κ3) is 4.39. The molecule has 11 rings (SSSR count). The zero-order valence-corrected chi connectivity index (χ0v) is 29.5. The maximum atomic E-state index is 10.1. The molecule has 0 N–H and O–H groups in total. The van der Waals surface area contributed by atoms with E-state index in [2.05, 4.69) is 158 Å². The molecule has 55 heavy (non-hydrogen) atoms. The Hall–Kier alpha value is -7.86. The zero-order chi connectivity index (χ0) is 36.6. The van der Waals surface area contributed by atoms with Crippen LogP contribution in [-0.4, -0.2) is 13.7 Å². The molecule has 0 saturated carbocycles. The van der Waals surface area contributed by atoms with Crippen LogP contribution in [0.1, 0.15) is 5.56 Å².